The maximum atomic E-state index is 11.6. The lowest BCUT2D eigenvalue weighted by molar-refractivity contribution is -0.148. The number of carbonyl (C=O) groups excluding carboxylic acids is 1. The predicted molar refractivity (Wildman–Crippen MR) is 50.8 cm³/mol. The molecule has 0 aromatic carbocycles. The van der Waals surface area contributed by atoms with E-state index < -0.39 is 6.10 Å². The van der Waals surface area contributed by atoms with E-state index in [1.807, 2.05) is 0 Å². The van der Waals surface area contributed by atoms with Crippen LogP contribution in [0.25, 0.3) is 0 Å². The van der Waals surface area contributed by atoms with Gasteiger partial charge in [0.25, 0.3) is 5.91 Å². The normalized spacial score (nSPS) is 27.8. The molecule has 5 heteroatoms. The van der Waals surface area contributed by atoms with Crippen LogP contribution in [0.5, 0.6) is 0 Å². The minimum atomic E-state index is -0.548. The van der Waals surface area contributed by atoms with Crippen LogP contribution in [0.15, 0.2) is 0 Å². The number of ether oxygens (including phenoxy) is 2. The van der Waals surface area contributed by atoms with Crippen molar-refractivity contribution in [3.05, 3.63) is 0 Å². The van der Waals surface area contributed by atoms with E-state index in [4.69, 9.17) is 14.7 Å². The summed E-state index contributed by atoms with van der Waals surface area (Å²) in [4.78, 5) is 11.6. The lowest BCUT2D eigenvalue weighted by atomic mass is 10.2. The molecule has 0 spiro atoms. The summed E-state index contributed by atoms with van der Waals surface area (Å²) < 4.78 is 10.4. The molecule has 0 radical (unpaired) electrons. The van der Waals surface area contributed by atoms with Crippen LogP contribution in [-0.2, 0) is 14.3 Å². The van der Waals surface area contributed by atoms with Gasteiger partial charge in [0, 0.05) is 0 Å². The Labute approximate surface area is 88.3 Å². The molecule has 1 N–H and O–H groups in total. The Hall–Kier alpha value is -1.12. The highest BCUT2D eigenvalue weighted by molar-refractivity contribution is 5.81. The van der Waals surface area contributed by atoms with E-state index in [9.17, 15) is 4.79 Å². The molecule has 0 bridgehead atoms. The number of nitriles is 1. The van der Waals surface area contributed by atoms with E-state index in [1.54, 1.807) is 0 Å². The number of rotatable bonds is 3. The highest BCUT2D eigenvalue weighted by Gasteiger charge is 2.34. The van der Waals surface area contributed by atoms with Gasteiger partial charge in [0.1, 0.15) is 6.04 Å². The molecule has 0 aromatic heterocycles. The molecular formula is C10H14N2O3. The third kappa shape index (κ3) is 2.67. The molecule has 2 aliphatic rings. The molecule has 1 saturated carbocycles. The first-order valence-electron chi connectivity index (χ1n) is 5.20. The van der Waals surface area contributed by atoms with Gasteiger partial charge in [-0.25, -0.2) is 0 Å². The standard InChI is InChI=1S/C10H14N2O3/c11-5-8(7-1-2-7)12-10(13)9-6-14-3-4-15-9/h7-9H,1-4,6H2,(H,12,13). The van der Waals surface area contributed by atoms with Crippen LogP contribution < -0.4 is 5.32 Å². The van der Waals surface area contributed by atoms with Gasteiger partial charge in [0.15, 0.2) is 6.10 Å². The first-order chi connectivity index (χ1) is 7.31. The van der Waals surface area contributed by atoms with Crippen LogP contribution >= 0.6 is 0 Å². The van der Waals surface area contributed by atoms with Crippen molar-refractivity contribution >= 4 is 5.91 Å². The number of nitrogens with zero attached hydrogens (tertiary/aromatic N) is 1. The maximum Gasteiger partial charge on any atom is 0.252 e. The first kappa shape index (κ1) is 10.4. The zero-order valence-electron chi connectivity index (χ0n) is 8.44. The Morgan fingerprint density at radius 3 is 2.80 bits per heavy atom. The largest absolute Gasteiger partial charge is 0.376 e. The fraction of sp³-hybridized carbons (Fsp3) is 0.800. The summed E-state index contributed by atoms with van der Waals surface area (Å²) in [5.74, 6) is 0.108. The van der Waals surface area contributed by atoms with E-state index in [1.165, 1.54) is 0 Å². The summed E-state index contributed by atoms with van der Waals surface area (Å²) in [5.41, 5.74) is 0. The van der Waals surface area contributed by atoms with Gasteiger partial charge in [-0.15, -0.1) is 0 Å². The zero-order valence-corrected chi connectivity index (χ0v) is 8.44. The summed E-state index contributed by atoms with van der Waals surface area (Å²) in [7, 11) is 0. The minimum Gasteiger partial charge on any atom is -0.376 e. The number of nitrogens with one attached hydrogen (secondary N) is 1. The Balaban J connectivity index is 1.82. The lowest BCUT2D eigenvalue weighted by Crippen LogP contribution is -2.46. The second-order valence-corrected chi connectivity index (χ2v) is 3.89. The van der Waals surface area contributed by atoms with Crippen LogP contribution in [0.3, 0.4) is 0 Å². The van der Waals surface area contributed by atoms with Crippen LogP contribution in [-0.4, -0.2) is 37.9 Å². The molecule has 1 heterocycles. The van der Waals surface area contributed by atoms with Gasteiger partial charge in [-0.1, -0.05) is 0 Å². The van der Waals surface area contributed by atoms with Crippen molar-refractivity contribution in [1.29, 1.82) is 5.26 Å². The maximum absolute atomic E-state index is 11.6. The number of hydrogen-bond acceptors (Lipinski definition) is 4. The highest BCUT2D eigenvalue weighted by Crippen LogP contribution is 2.32. The first-order valence-corrected chi connectivity index (χ1v) is 5.20. The average Bonchev–Trinajstić information content (AvgIpc) is 3.10. The Morgan fingerprint density at radius 1 is 1.47 bits per heavy atom. The third-order valence-electron chi connectivity index (χ3n) is 2.64. The topological polar surface area (TPSA) is 71.4 Å². The molecule has 1 aliphatic heterocycles. The van der Waals surface area contributed by atoms with Gasteiger partial charge < -0.3 is 14.8 Å². The molecule has 2 unspecified atom stereocenters. The van der Waals surface area contributed by atoms with E-state index in [-0.39, 0.29) is 18.6 Å². The fourth-order valence-corrected chi connectivity index (χ4v) is 1.57. The van der Waals surface area contributed by atoms with Crippen molar-refractivity contribution in [1.82, 2.24) is 5.32 Å². The van der Waals surface area contributed by atoms with E-state index in [2.05, 4.69) is 11.4 Å². The highest BCUT2D eigenvalue weighted by atomic mass is 16.6. The smallest absolute Gasteiger partial charge is 0.252 e. The minimum absolute atomic E-state index is 0.229. The number of carbonyl (C=O) groups is 1. The summed E-state index contributed by atoms with van der Waals surface area (Å²) >= 11 is 0. The van der Waals surface area contributed by atoms with Crippen molar-refractivity contribution in [3.8, 4) is 6.07 Å². The Morgan fingerprint density at radius 2 is 2.27 bits per heavy atom. The average molecular weight is 210 g/mol. The Bertz CT molecular complexity index is 277. The lowest BCUT2D eigenvalue weighted by Gasteiger charge is -2.23. The summed E-state index contributed by atoms with van der Waals surface area (Å²) in [6, 6.07) is 1.75. The molecule has 1 saturated heterocycles. The molecule has 2 fully saturated rings. The third-order valence-corrected chi connectivity index (χ3v) is 2.64. The molecule has 0 aromatic rings. The van der Waals surface area contributed by atoms with Crippen molar-refractivity contribution in [2.45, 2.75) is 25.0 Å². The molecule has 1 amide bonds. The summed E-state index contributed by atoms with van der Waals surface area (Å²) in [6.07, 6.45) is 1.51. The van der Waals surface area contributed by atoms with E-state index in [0.29, 0.717) is 19.1 Å². The number of hydrogen-bond donors (Lipinski definition) is 1. The molecule has 5 nitrogen and oxygen atoms in total. The fourth-order valence-electron chi connectivity index (χ4n) is 1.57. The van der Waals surface area contributed by atoms with Crippen LogP contribution in [0.1, 0.15) is 12.8 Å². The van der Waals surface area contributed by atoms with Crippen molar-refractivity contribution in [2.75, 3.05) is 19.8 Å². The van der Waals surface area contributed by atoms with Crippen LogP contribution in [0, 0.1) is 17.2 Å². The molecule has 2 atom stereocenters. The molecule has 82 valence electrons. The molecule has 15 heavy (non-hydrogen) atoms. The second kappa shape index (κ2) is 4.60. The zero-order chi connectivity index (χ0) is 10.7. The van der Waals surface area contributed by atoms with E-state index in [0.717, 1.165) is 12.8 Å². The van der Waals surface area contributed by atoms with Gasteiger partial charge in [0.05, 0.1) is 25.9 Å². The van der Waals surface area contributed by atoms with Gasteiger partial charge in [-0.2, -0.15) is 5.26 Å². The van der Waals surface area contributed by atoms with Crippen molar-refractivity contribution in [3.63, 3.8) is 0 Å². The van der Waals surface area contributed by atoms with Gasteiger partial charge in [-0.05, 0) is 18.8 Å². The summed E-state index contributed by atoms with van der Waals surface area (Å²) in [6.45, 7) is 1.27. The summed E-state index contributed by atoms with van der Waals surface area (Å²) in [5, 5.41) is 11.5. The van der Waals surface area contributed by atoms with Gasteiger partial charge >= 0.3 is 0 Å². The van der Waals surface area contributed by atoms with Crippen molar-refractivity contribution < 1.29 is 14.3 Å². The van der Waals surface area contributed by atoms with Crippen LogP contribution in [0.2, 0.25) is 0 Å². The molecule has 2 rings (SSSR count). The predicted octanol–water partition coefficient (Wildman–Crippen LogP) is -0.180. The van der Waals surface area contributed by atoms with Crippen molar-refractivity contribution in [2.24, 2.45) is 5.92 Å². The quantitative estimate of drug-likeness (QED) is 0.701. The van der Waals surface area contributed by atoms with Crippen LogP contribution in [0.4, 0.5) is 0 Å². The second-order valence-electron chi connectivity index (χ2n) is 3.89. The Kier molecular flexibility index (Phi) is 3.19. The number of amides is 1. The van der Waals surface area contributed by atoms with Gasteiger partial charge in [0.2, 0.25) is 0 Å². The SMILES string of the molecule is N#CC(NC(=O)C1COCCO1)C1CC1. The molecular weight excluding hydrogens is 196 g/mol. The molecule has 1 aliphatic carbocycles. The van der Waals surface area contributed by atoms with E-state index >= 15 is 0 Å². The van der Waals surface area contributed by atoms with Gasteiger partial charge in [-0.3, -0.25) is 4.79 Å². The monoisotopic (exact) mass is 210 g/mol.